The fraction of sp³-hybridized carbons (Fsp3) is 0.889. The lowest BCUT2D eigenvalue weighted by molar-refractivity contribution is -0.147. The van der Waals surface area contributed by atoms with E-state index in [1.807, 2.05) is 0 Å². The highest BCUT2D eigenvalue weighted by Crippen LogP contribution is 2.20. The Balaban J connectivity index is 2.49. The van der Waals surface area contributed by atoms with Crippen LogP contribution in [-0.4, -0.2) is 25.2 Å². The Hall–Kier alpha value is -0.570. The van der Waals surface area contributed by atoms with Crippen LogP contribution < -0.4 is 5.32 Å². The zero-order chi connectivity index (χ0) is 9.14. The van der Waals surface area contributed by atoms with E-state index < -0.39 is 0 Å². The van der Waals surface area contributed by atoms with E-state index in [4.69, 9.17) is 4.74 Å². The van der Waals surface area contributed by atoms with Gasteiger partial charge in [0.2, 0.25) is 0 Å². The van der Waals surface area contributed by atoms with Gasteiger partial charge in [-0.1, -0.05) is 0 Å². The molecule has 1 aliphatic heterocycles. The molecule has 1 heterocycles. The Labute approximate surface area is 73.5 Å². The van der Waals surface area contributed by atoms with Crippen molar-refractivity contribution in [2.45, 2.75) is 38.8 Å². The predicted octanol–water partition coefficient (Wildman–Crippen LogP) is 0.936. The van der Waals surface area contributed by atoms with Crippen LogP contribution in [0.25, 0.3) is 0 Å². The number of carbonyl (C=O) groups excluding carboxylic acids is 1. The van der Waals surface area contributed by atoms with Gasteiger partial charge in [0.25, 0.3) is 0 Å². The molecule has 0 aromatic carbocycles. The lowest BCUT2D eigenvalue weighted by Crippen LogP contribution is -2.44. The summed E-state index contributed by atoms with van der Waals surface area (Å²) in [4.78, 5) is 11.2. The standard InChI is InChI=1S/C9H17NO2/c1-6-4-8(9(11)12-3)5-7(2)10-6/h6-8,10H,4-5H2,1-3H3/t6-,7+,8?. The van der Waals surface area contributed by atoms with Gasteiger partial charge >= 0.3 is 5.97 Å². The largest absolute Gasteiger partial charge is 0.469 e. The van der Waals surface area contributed by atoms with Crippen LogP contribution in [0.1, 0.15) is 26.7 Å². The molecule has 1 N–H and O–H groups in total. The second-order valence-corrected chi connectivity index (χ2v) is 3.66. The van der Waals surface area contributed by atoms with Crippen LogP contribution in [0.4, 0.5) is 0 Å². The molecule has 3 nitrogen and oxygen atoms in total. The molecule has 3 heteroatoms. The molecule has 0 radical (unpaired) electrons. The first kappa shape index (κ1) is 9.52. The van der Waals surface area contributed by atoms with Gasteiger partial charge in [-0.2, -0.15) is 0 Å². The number of rotatable bonds is 1. The van der Waals surface area contributed by atoms with Crippen molar-refractivity contribution in [2.75, 3.05) is 7.11 Å². The first-order valence-electron chi connectivity index (χ1n) is 4.47. The smallest absolute Gasteiger partial charge is 0.308 e. The van der Waals surface area contributed by atoms with Gasteiger partial charge in [0.15, 0.2) is 0 Å². The van der Waals surface area contributed by atoms with Gasteiger partial charge in [0.05, 0.1) is 13.0 Å². The molecule has 0 bridgehead atoms. The summed E-state index contributed by atoms with van der Waals surface area (Å²) in [7, 11) is 1.46. The van der Waals surface area contributed by atoms with Crippen molar-refractivity contribution in [1.29, 1.82) is 0 Å². The highest BCUT2D eigenvalue weighted by atomic mass is 16.5. The molecule has 0 amide bonds. The van der Waals surface area contributed by atoms with Crippen molar-refractivity contribution in [1.82, 2.24) is 5.32 Å². The molecule has 1 saturated heterocycles. The van der Waals surface area contributed by atoms with Crippen LogP contribution in [0.3, 0.4) is 0 Å². The molecule has 1 fully saturated rings. The van der Waals surface area contributed by atoms with E-state index in [0.717, 1.165) is 12.8 Å². The van der Waals surface area contributed by atoms with Gasteiger partial charge in [-0.3, -0.25) is 4.79 Å². The van der Waals surface area contributed by atoms with Gasteiger partial charge in [-0.15, -0.1) is 0 Å². The SMILES string of the molecule is COC(=O)C1C[C@@H](C)N[C@@H](C)C1. The third-order valence-corrected chi connectivity index (χ3v) is 2.38. The van der Waals surface area contributed by atoms with Crippen molar-refractivity contribution in [3.8, 4) is 0 Å². The van der Waals surface area contributed by atoms with E-state index in [1.165, 1.54) is 7.11 Å². The molecule has 0 saturated carbocycles. The van der Waals surface area contributed by atoms with Gasteiger partial charge in [-0.25, -0.2) is 0 Å². The Morgan fingerprint density at radius 1 is 1.33 bits per heavy atom. The summed E-state index contributed by atoms with van der Waals surface area (Å²) < 4.78 is 4.72. The Kier molecular flexibility index (Phi) is 3.09. The molecule has 0 spiro atoms. The van der Waals surface area contributed by atoms with Crippen molar-refractivity contribution in [3.63, 3.8) is 0 Å². The normalized spacial score (nSPS) is 36.1. The Morgan fingerprint density at radius 2 is 1.83 bits per heavy atom. The third kappa shape index (κ3) is 2.21. The summed E-state index contributed by atoms with van der Waals surface area (Å²) in [6.07, 6.45) is 1.80. The van der Waals surface area contributed by atoms with Crippen molar-refractivity contribution < 1.29 is 9.53 Å². The van der Waals surface area contributed by atoms with Gasteiger partial charge in [0.1, 0.15) is 0 Å². The van der Waals surface area contributed by atoms with E-state index in [0.29, 0.717) is 12.1 Å². The average molecular weight is 171 g/mol. The van der Waals surface area contributed by atoms with Crippen molar-refractivity contribution >= 4 is 5.97 Å². The fourth-order valence-electron chi connectivity index (χ4n) is 1.93. The first-order valence-corrected chi connectivity index (χ1v) is 4.47. The van der Waals surface area contributed by atoms with Crippen LogP contribution >= 0.6 is 0 Å². The van der Waals surface area contributed by atoms with Crippen molar-refractivity contribution in [2.24, 2.45) is 5.92 Å². The van der Waals surface area contributed by atoms with Crippen LogP contribution in [0.2, 0.25) is 0 Å². The molecule has 0 aliphatic carbocycles. The summed E-state index contributed by atoms with van der Waals surface area (Å²) in [5, 5.41) is 3.38. The molecule has 70 valence electrons. The molecular formula is C9H17NO2. The Morgan fingerprint density at radius 3 is 2.25 bits per heavy atom. The molecular weight excluding hydrogens is 154 g/mol. The highest BCUT2D eigenvalue weighted by Gasteiger charge is 2.28. The molecule has 1 unspecified atom stereocenters. The summed E-state index contributed by atoms with van der Waals surface area (Å²) in [6.45, 7) is 4.21. The minimum Gasteiger partial charge on any atom is -0.469 e. The Bertz CT molecular complexity index is 160. The first-order chi connectivity index (χ1) is 5.63. The quantitative estimate of drug-likeness (QED) is 0.597. The fourth-order valence-corrected chi connectivity index (χ4v) is 1.93. The van der Waals surface area contributed by atoms with Crippen LogP contribution in [0.15, 0.2) is 0 Å². The number of hydrogen-bond acceptors (Lipinski definition) is 3. The molecule has 1 aliphatic rings. The van der Waals surface area contributed by atoms with E-state index >= 15 is 0 Å². The van der Waals surface area contributed by atoms with Gasteiger partial charge in [0, 0.05) is 12.1 Å². The van der Waals surface area contributed by atoms with E-state index in [1.54, 1.807) is 0 Å². The average Bonchev–Trinajstić information content (AvgIpc) is 2.01. The molecule has 12 heavy (non-hydrogen) atoms. The predicted molar refractivity (Wildman–Crippen MR) is 46.8 cm³/mol. The second kappa shape index (κ2) is 3.90. The summed E-state index contributed by atoms with van der Waals surface area (Å²) >= 11 is 0. The highest BCUT2D eigenvalue weighted by molar-refractivity contribution is 5.72. The monoisotopic (exact) mass is 171 g/mol. The van der Waals surface area contributed by atoms with Gasteiger partial charge < -0.3 is 10.1 Å². The molecule has 3 atom stereocenters. The summed E-state index contributed by atoms with van der Waals surface area (Å²) in [6, 6.07) is 0.857. The van der Waals surface area contributed by atoms with E-state index in [2.05, 4.69) is 19.2 Å². The maximum atomic E-state index is 11.2. The second-order valence-electron chi connectivity index (χ2n) is 3.66. The van der Waals surface area contributed by atoms with Crippen molar-refractivity contribution in [3.05, 3.63) is 0 Å². The van der Waals surface area contributed by atoms with Crippen LogP contribution in [-0.2, 0) is 9.53 Å². The molecule has 1 rings (SSSR count). The number of nitrogens with one attached hydrogen (secondary N) is 1. The van der Waals surface area contributed by atoms with E-state index in [9.17, 15) is 4.79 Å². The minimum atomic E-state index is -0.0600. The number of hydrogen-bond donors (Lipinski definition) is 1. The number of piperidine rings is 1. The maximum Gasteiger partial charge on any atom is 0.308 e. The van der Waals surface area contributed by atoms with Crippen LogP contribution in [0, 0.1) is 5.92 Å². The number of esters is 1. The molecule has 0 aromatic heterocycles. The number of ether oxygens (including phenoxy) is 1. The topological polar surface area (TPSA) is 38.3 Å². The summed E-state index contributed by atoms with van der Waals surface area (Å²) in [5.74, 6) is 0.0384. The zero-order valence-corrected chi connectivity index (χ0v) is 7.96. The van der Waals surface area contributed by atoms with E-state index in [-0.39, 0.29) is 11.9 Å². The lowest BCUT2D eigenvalue weighted by atomic mass is 9.89. The third-order valence-electron chi connectivity index (χ3n) is 2.38. The number of carbonyl (C=O) groups is 1. The minimum absolute atomic E-state index is 0.0600. The zero-order valence-electron chi connectivity index (χ0n) is 7.96. The molecule has 0 aromatic rings. The maximum absolute atomic E-state index is 11.2. The van der Waals surface area contributed by atoms with Crippen LogP contribution in [0.5, 0.6) is 0 Å². The number of methoxy groups -OCH3 is 1. The van der Waals surface area contributed by atoms with Gasteiger partial charge in [-0.05, 0) is 26.7 Å². The summed E-state index contributed by atoms with van der Waals surface area (Å²) in [5.41, 5.74) is 0. The lowest BCUT2D eigenvalue weighted by Gasteiger charge is -2.31.